The third-order valence-corrected chi connectivity index (χ3v) is 4.60. The minimum atomic E-state index is -0.546. The Bertz CT molecular complexity index is 250. The second-order valence-electron chi connectivity index (χ2n) is 5.69. The molecule has 106 valence electrons. The molecule has 0 aromatic rings. The van der Waals surface area contributed by atoms with Gasteiger partial charge in [-0.1, -0.05) is 13.8 Å². The monoisotopic (exact) mass is 257 g/mol. The van der Waals surface area contributed by atoms with Crippen LogP contribution in [0, 0.1) is 0 Å². The van der Waals surface area contributed by atoms with Crippen molar-refractivity contribution in [2.24, 2.45) is 0 Å². The van der Waals surface area contributed by atoms with Gasteiger partial charge in [-0.25, -0.2) is 0 Å². The van der Waals surface area contributed by atoms with Gasteiger partial charge in [0, 0.05) is 25.4 Å². The molecule has 1 aliphatic carbocycles. The zero-order chi connectivity index (χ0) is 13.1. The quantitative estimate of drug-likeness (QED) is 0.788. The fourth-order valence-corrected chi connectivity index (χ4v) is 2.88. The maximum Gasteiger partial charge on any atom is 0.168 e. The van der Waals surface area contributed by atoms with Gasteiger partial charge in [0.25, 0.3) is 0 Å². The van der Waals surface area contributed by atoms with E-state index in [1.807, 2.05) is 13.8 Å². The Morgan fingerprint density at radius 2 is 1.72 bits per heavy atom. The molecule has 2 rings (SSSR count). The first-order valence-electron chi connectivity index (χ1n) is 7.35. The first kappa shape index (κ1) is 14.3. The molecule has 1 spiro atoms. The highest BCUT2D eigenvalue weighted by Gasteiger charge is 2.40. The van der Waals surface area contributed by atoms with Crippen molar-refractivity contribution in [2.45, 2.75) is 69.8 Å². The summed E-state index contributed by atoms with van der Waals surface area (Å²) in [7, 11) is 0. The van der Waals surface area contributed by atoms with Crippen LogP contribution in [-0.4, -0.2) is 42.3 Å². The van der Waals surface area contributed by atoms with E-state index in [2.05, 4.69) is 5.32 Å². The molecule has 0 atom stereocenters. The lowest BCUT2D eigenvalue weighted by Gasteiger charge is -2.37. The third-order valence-electron chi connectivity index (χ3n) is 4.60. The zero-order valence-corrected chi connectivity index (χ0v) is 11.7. The summed E-state index contributed by atoms with van der Waals surface area (Å²) in [6.07, 6.45) is 5.70. The van der Waals surface area contributed by atoms with Crippen molar-refractivity contribution in [1.29, 1.82) is 0 Å². The molecule has 2 aliphatic rings. The molecule has 0 radical (unpaired) electrons. The molecule has 18 heavy (non-hydrogen) atoms. The molecule has 1 aliphatic heterocycles. The highest BCUT2D eigenvalue weighted by atomic mass is 16.7. The van der Waals surface area contributed by atoms with Gasteiger partial charge in [-0.2, -0.15) is 0 Å². The van der Waals surface area contributed by atoms with Crippen LogP contribution in [0.4, 0.5) is 0 Å². The SMILES string of the molecule is CCC(O)(CC)CNC1CCC2(CC1)OCCO2. The molecule has 1 saturated carbocycles. The molecular formula is C14H27NO3. The van der Waals surface area contributed by atoms with Crippen LogP contribution in [0.15, 0.2) is 0 Å². The van der Waals surface area contributed by atoms with E-state index in [0.29, 0.717) is 12.6 Å². The highest BCUT2D eigenvalue weighted by Crippen LogP contribution is 2.35. The Morgan fingerprint density at radius 1 is 1.17 bits per heavy atom. The second kappa shape index (κ2) is 5.87. The minimum Gasteiger partial charge on any atom is -0.389 e. The van der Waals surface area contributed by atoms with E-state index in [0.717, 1.165) is 51.7 Å². The van der Waals surface area contributed by atoms with Gasteiger partial charge in [0.1, 0.15) is 0 Å². The van der Waals surface area contributed by atoms with Gasteiger partial charge in [-0.3, -0.25) is 0 Å². The van der Waals surface area contributed by atoms with Crippen LogP contribution >= 0.6 is 0 Å². The molecule has 1 heterocycles. The Kier molecular flexibility index (Phi) is 4.64. The zero-order valence-electron chi connectivity index (χ0n) is 11.7. The fraction of sp³-hybridized carbons (Fsp3) is 1.00. The van der Waals surface area contributed by atoms with E-state index in [4.69, 9.17) is 9.47 Å². The number of rotatable bonds is 5. The molecule has 0 unspecified atom stereocenters. The highest BCUT2D eigenvalue weighted by molar-refractivity contribution is 4.87. The average Bonchev–Trinajstić information content (AvgIpc) is 2.86. The van der Waals surface area contributed by atoms with Gasteiger partial charge in [0.15, 0.2) is 5.79 Å². The summed E-state index contributed by atoms with van der Waals surface area (Å²) in [5, 5.41) is 13.8. The number of hydrogen-bond donors (Lipinski definition) is 2. The Labute approximate surface area is 110 Å². The Hall–Kier alpha value is -0.160. The van der Waals surface area contributed by atoms with E-state index in [1.54, 1.807) is 0 Å². The molecule has 0 amide bonds. The Morgan fingerprint density at radius 3 is 2.22 bits per heavy atom. The van der Waals surface area contributed by atoms with E-state index in [9.17, 15) is 5.11 Å². The largest absolute Gasteiger partial charge is 0.389 e. The first-order valence-corrected chi connectivity index (χ1v) is 7.35. The number of aliphatic hydroxyl groups is 1. The van der Waals surface area contributed by atoms with E-state index >= 15 is 0 Å². The molecule has 2 N–H and O–H groups in total. The lowest BCUT2D eigenvalue weighted by atomic mass is 9.89. The van der Waals surface area contributed by atoms with E-state index < -0.39 is 5.60 Å². The maximum atomic E-state index is 10.3. The molecular weight excluding hydrogens is 230 g/mol. The molecule has 1 saturated heterocycles. The number of ether oxygens (including phenoxy) is 2. The summed E-state index contributed by atoms with van der Waals surface area (Å²) in [6, 6.07) is 0.494. The minimum absolute atomic E-state index is 0.274. The summed E-state index contributed by atoms with van der Waals surface area (Å²) in [5.74, 6) is -0.274. The molecule has 2 fully saturated rings. The van der Waals surface area contributed by atoms with Crippen LogP contribution in [0.1, 0.15) is 52.4 Å². The van der Waals surface area contributed by atoms with Crippen molar-refractivity contribution in [3.05, 3.63) is 0 Å². The van der Waals surface area contributed by atoms with Crippen molar-refractivity contribution < 1.29 is 14.6 Å². The number of nitrogens with one attached hydrogen (secondary N) is 1. The topological polar surface area (TPSA) is 50.7 Å². The lowest BCUT2D eigenvalue weighted by molar-refractivity contribution is -0.179. The van der Waals surface area contributed by atoms with Gasteiger partial charge < -0.3 is 19.9 Å². The first-order chi connectivity index (χ1) is 8.61. The summed E-state index contributed by atoms with van der Waals surface area (Å²) < 4.78 is 11.4. The van der Waals surface area contributed by atoms with Crippen LogP contribution in [0.3, 0.4) is 0 Å². The predicted molar refractivity (Wildman–Crippen MR) is 70.4 cm³/mol. The van der Waals surface area contributed by atoms with Gasteiger partial charge in [-0.15, -0.1) is 0 Å². The van der Waals surface area contributed by atoms with Crippen molar-refractivity contribution in [3.63, 3.8) is 0 Å². The summed E-state index contributed by atoms with van der Waals surface area (Å²) in [4.78, 5) is 0. The van der Waals surface area contributed by atoms with Gasteiger partial charge in [0.05, 0.1) is 18.8 Å². The van der Waals surface area contributed by atoms with E-state index in [-0.39, 0.29) is 5.79 Å². The lowest BCUT2D eigenvalue weighted by Crippen LogP contribution is -2.47. The van der Waals surface area contributed by atoms with Crippen LogP contribution < -0.4 is 5.32 Å². The second-order valence-corrected chi connectivity index (χ2v) is 5.69. The van der Waals surface area contributed by atoms with Crippen LogP contribution in [0.25, 0.3) is 0 Å². The molecule has 0 aromatic heterocycles. The van der Waals surface area contributed by atoms with Gasteiger partial charge in [0.2, 0.25) is 0 Å². The summed E-state index contributed by atoms with van der Waals surface area (Å²) in [5.41, 5.74) is -0.546. The molecule has 0 bridgehead atoms. The van der Waals surface area contributed by atoms with Crippen molar-refractivity contribution in [3.8, 4) is 0 Å². The van der Waals surface area contributed by atoms with Crippen molar-refractivity contribution in [2.75, 3.05) is 19.8 Å². The molecule has 0 aromatic carbocycles. The van der Waals surface area contributed by atoms with E-state index in [1.165, 1.54) is 0 Å². The molecule has 4 nitrogen and oxygen atoms in total. The molecule has 4 heteroatoms. The van der Waals surface area contributed by atoms with Crippen LogP contribution in [0.2, 0.25) is 0 Å². The summed E-state index contributed by atoms with van der Waals surface area (Å²) in [6.45, 7) is 6.26. The van der Waals surface area contributed by atoms with Crippen LogP contribution in [0.5, 0.6) is 0 Å². The normalized spacial score (nSPS) is 24.8. The van der Waals surface area contributed by atoms with Gasteiger partial charge in [-0.05, 0) is 25.7 Å². The predicted octanol–water partition coefficient (Wildman–Crippen LogP) is 1.81. The number of hydrogen-bond acceptors (Lipinski definition) is 4. The smallest absolute Gasteiger partial charge is 0.168 e. The van der Waals surface area contributed by atoms with Crippen molar-refractivity contribution >= 4 is 0 Å². The van der Waals surface area contributed by atoms with Crippen molar-refractivity contribution in [1.82, 2.24) is 5.32 Å². The van der Waals surface area contributed by atoms with Crippen LogP contribution in [-0.2, 0) is 9.47 Å². The Balaban J connectivity index is 1.73. The summed E-state index contributed by atoms with van der Waals surface area (Å²) >= 11 is 0. The standard InChI is InChI=1S/C14H27NO3/c1-3-13(16,4-2)11-15-12-5-7-14(8-6-12)17-9-10-18-14/h12,15-16H,3-11H2,1-2H3. The maximum absolute atomic E-state index is 10.3. The average molecular weight is 257 g/mol. The fourth-order valence-electron chi connectivity index (χ4n) is 2.88. The van der Waals surface area contributed by atoms with Gasteiger partial charge >= 0.3 is 0 Å². The third kappa shape index (κ3) is 3.23.